The van der Waals surface area contributed by atoms with Gasteiger partial charge in [0.1, 0.15) is 11.9 Å². The molecule has 0 bridgehead atoms. The number of esters is 1. The van der Waals surface area contributed by atoms with Crippen LogP contribution in [0.15, 0.2) is 24.3 Å². The second-order valence-electron chi connectivity index (χ2n) is 4.77. The van der Waals surface area contributed by atoms with Gasteiger partial charge in [-0.05, 0) is 49.9 Å². The Balaban J connectivity index is 1.87. The Kier molecular flexibility index (Phi) is 4.80. The van der Waals surface area contributed by atoms with Gasteiger partial charge < -0.3 is 14.2 Å². The van der Waals surface area contributed by atoms with E-state index in [0.29, 0.717) is 11.7 Å². The average Bonchev–Trinajstić information content (AvgIpc) is 2.48. The van der Waals surface area contributed by atoms with Crippen LogP contribution in [0.25, 0.3) is 0 Å². The Morgan fingerprint density at radius 1 is 1.00 bits per heavy atom. The van der Waals surface area contributed by atoms with Gasteiger partial charge in [-0.2, -0.15) is 0 Å². The Bertz CT molecular complexity index is 405. The lowest BCUT2D eigenvalue weighted by molar-refractivity contribution is -0.00540. The second kappa shape index (κ2) is 6.57. The minimum absolute atomic E-state index is 0.0148. The highest BCUT2D eigenvalue weighted by molar-refractivity contribution is 5.89. The molecule has 0 saturated heterocycles. The van der Waals surface area contributed by atoms with Crippen LogP contribution in [0.2, 0.25) is 0 Å². The van der Waals surface area contributed by atoms with Crippen LogP contribution >= 0.6 is 0 Å². The largest absolute Gasteiger partial charge is 0.497 e. The molecule has 1 aliphatic rings. The van der Waals surface area contributed by atoms with Gasteiger partial charge >= 0.3 is 5.97 Å². The van der Waals surface area contributed by atoms with Gasteiger partial charge in [-0.25, -0.2) is 4.79 Å². The summed E-state index contributed by atoms with van der Waals surface area (Å²) < 4.78 is 15.9. The first-order valence-corrected chi connectivity index (χ1v) is 6.60. The molecule has 1 fully saturated rings. The number of carbonyl (C=O) groups excluding carboxylic acids is 1. The number of rotatable bonds is 4. The third-order valence-corrected chi connectivity index (χ3v) is 3.55. The lowest BCUT2D eigenvalue weighted by Gasteiger charge is -2.27. The van der Waals surface area contributed by atoms with Crippen LogP contribution in [0, 0.1) is 0 Å². The number of benzene rings is 1. The van der Waals surface area contributed by atoms with E-state index >= 15 is 0 Å². The monoisotopic (exact) mass is 264 g/mol. The van der Waals surface area contributed by atoms with Crippen molar-refractivity contribution in [3.05, 3.63) is 29.8 Å². The van der Waals surface area contributed by atoms with Gasteiger partial charge in [-0.15, -0.1) is 0 Å². The Labute approximate surface area is 113 Å². The molecule has 19 heavy (non-hydrogen) atoms. The molecular formula is C15H20O4. The normalized spacial score (nSPS) is 22.8. The fourth-order valence-electron chi connectivity index (χ4n) is 2.33. The van der Waals surface area contributed by atoms with Crippen molar-refractivity contribution in [2.45, 2.75) is 37.9 Å². The van der Waals surface area contributed by atoms with Crippen molar-refractivity contribution in [3.63, 3.8) is 0 Å². The van der Waals surface area contributed by atoms with Crippen LogP contribution in [-0.4, -0.2) is 32.4 Å². The van der Waals surface area contributed by atoms with E-state index in [9.17, 15) is 4.79 Å². The van der Waals surface area contributed by atoms with Crippen LogP contribution in [0.4, 0.5) is 0 Å². The van der Waals surface area contributed by atoms with Gasteiger partial charge in [0.15, 0.2) is 0 Å². The summed E-state index contributed by atoms with van der Waals surface area (Å²) in [6, 6.07) is 6.97. The van der Waals surface area contributed by atoms with Crippen molar-refractivity contribution in [2.75, 3.05) is 14.2 Å². The zero-order valence-electron chi connectivity index (χ0n) is 11.4. The standard InChI is InChI=1S/C15H20O4/c1-17-12-5-3-11(4-6-12)15(16)19-14-9-7-13(18-2)8-10-14/h3-6,13-14H,7-10H2,1-2H3. The molecule has 1 aliphatic carbocycles. The molecule has 4 heteroatoms. The van der Waals surface area contributed by atoms with Crippen molar-refractivity contribution < 1.29 is 19.0 Å². The fraction of sp³-hybridized carbons (Fsp3) is 0.533. The molecule has 4 nitrogen and oxygen atoms in total. The van der Waals surface area contributed by atoms with Crippen LogP contribution < -0.4 is 4.74 Å². The molecule has 0 aromatic heterocycles. The predicted molar refractivity (Wildman–Crippen MR) is 71.5 cm³/mol. The summed E-state index contributed by atoms with van der Waals surface area (Å²) in [6.45, 7) is 0. The van der Waals surface area contributed by atoms with Gasteiger partial charge in [0.25, 0.3) is 0 Å². The van der Waals surface area contributed by atoms with Crippen molar-refractivity contribution >= 4 is 5.97 Å². The molecule has 0 heterocycles. The van der Waals surface area contributed by atoms with E-state index in [1.54, 1.807) is 38.5 Å². The molecule has 1 aromatic rings. The number of hydrogen-bond donors (Lipinski definition) is 0. The van der Waals surface area contributed by atoms with Crippen molar-refractivity contribution in [2.24, 2.45) is 0 Å². The Morgan fingerprint density at radius 2 is 1.58 bits per heavy atom. The molecular weight excluding hydrogens is 244 g/mol. The van der Waals surface area contributed by atoms with Crippen molar-refractivity contribution in [3.8, 4) is 5.75 Å². The Hall–Kier alpha value is -1.55. The smallest absolute Gasteiger partial charge is 0.338 e. The van der Waals surface area contributed by atoms with E-state index < -0.39 is 0 Å². The maximum atomic E-state index is 12.0. The zero-order valence-corrected chi connectivity index (χ0v) is 11.4. The van der Waals surface area contributed by atoms with Crippen LogP contribution in [-0.2, 0) is 9.47 Å². The highest BCUT2D eigenvalue weighted by Crippen LogP contribution is 2.24. The van der Waals surface area contributed by atoms with E-state index in [1.165, 1.54) is 0 Å². The molecule has 2 rings (SSSR count). The summed E-state index contributed by atoms with van der Waals surface area (Å²) >= 11 is 0. The summed E-state index contributed by atoms with van der Waals surface area (Å²) in [5.74, 6) is 0.473. The van der Waals surface area contributed by atoms with E-state index in [0.717, 1.165) is 31.4 Å². The number of hydrogen-bond acceptors (Lipinski definition) is 4. The molecule has 0 spiro atoms. The third-order valence-electron chi connectivity index (χ3n) is 3.55. The van der Waals surface area contributed by atoms with Gasteiger partial charge in [-0.1, -0.05) is 0 Å². The summed E-state index contributed by atoms with van der Waals surface area (Å²) in [5.41, 5.74) is 0.565. The van der Waals surface area contributed by atoms with Gasteiger partial charge in [0, 0.05) is 7.11 Å². The molecule has 104 valence electrons. The van der Waals surface area contributed by atoms with Crippen molar-refractivity contribution in [1.82, 2.24) is 0 Å². The molecule has 0 unspecified atom stereocenters. The number of carbonyl (C=O) groups is 1. The molecule has 0 N–H and O–H groups in total. The van der Waals surface area contributed by atoms with Crippen LogP contribution in [0.1, 0.15) is 36.0 Å². The summed E-state index contributed by atoms with van der Waals surface area (Å²) in [4.78, 5) is 12.0. The van der Waals surface area contributed by atoms with Crippen molar-refractivity contribution in [1.29, 1.82) is 0 Å². The summed E-state index contributed by atoms with van der Waals surface area (Å²) in [7, 11) is 3.33. The number of methoxy groups -OCH3 is 2. The third kappa shape index (κ3) is 3.70. The molecule has 0 radical (unpaired) electrons. The fourth-order valence-corrected chi connectivity index (χ4v) is 2.33. The SMILES string of the molecule is COc1ccc(C(=O)OC2CCC(OC)CC2)cc1. The highest BCUT2D eigenvalue weighted by Gasteiger charge is 2.24. The lowest BCUT2D eigenvalue weighted by Crippen LogP contribution is -2.27. The van der Waals surface area contributed by atoms with Gasteiger partial charge in [-0.3, -0.25) is 0 Å². The highest BCUT2D eigenvalue weighted by atomic mass is 16.5. The quantitative estimate of drug-likeness (QED) is 0.784. The maximum absolute atomic E-state index is 12.0. The minimum Gasteiger partial charge on any atom is -0.497 e. The van der Waals surface area contributed by atoms with E-state index in [4.69, 9.17) is 14.2 Å². The molecule has 0 atom stereocenters. The molecule has 0 aliphatic heterocycles. The minimum atomic E-state index is -0.261. The summed E-state index contributed by atoms with van der Waals surface area (Å²) in [6.07, 6.45) is 3.99. The zero-order chi connectivity index (χ0) is 13.7. The van der Waals surface area contributed by atoms with E-state index in [1.807, 2.05) is 0 Å². The van der Waals surface area contributed by atoms with Gasteiger partial charge in [0.2, 0.25) is 0 Å². The van der Waals surface area contributed by atoms with Crippen LogP contribution in [0.3, 0.4) is 0 Å². The predicted octanol–water partition coefficient (Wildman–Crippen LogP) is 2.81. The summed E-state index contributed by atoms with van der Waals surface area (Å²) in [5, 5.41) is 0. The lowest BCUT2D eigenvalue weighted by atomic mass is 9.95. The number of ether oxygens (including phenoxy) is 3. The van der Waals surface area contributed by atoms with Crippen LogP contribution in [0.5, 0.6) is 5.75 Å². The maximum Gasteiger partial charge on any atom is 0.338 e. The first-order valence-electron chi connectivity index (χ1n) is 6.60. The second-order valence-corrected chi connectivity index (χ2v) is 4.77. The van der Waals surface area contributed by atoms with E-state index in [2.05, 4.69) is 0 Å². The van der Waals surface area contributed by atoms with Gasteiger partial charge in [0.05, 0.1) is 18.8 Å². The molecule has 1 aromatic carbocycles. The topological polar surface area (TPSA) is 44.8 Å². The Morgan fingerprint density at radius 3 is 2.11 bits per heavy atom. The first-order chi connectivity index (χ1) is 9.22. The first kappa shape index (κ1) is 13.9. The van der Waals surface area contributed by atoms with E-state index in [-0.39, 0.29) is 12.1 Å². The molecule has 0 amide bonds. The average molecular weight is 264 g/mol. The molecule has 1 saturated carbocycles.